The van der Waals surface area contributed by atoms with Crippen LogP contribution < -0.4 is 4.72 Å². The number of hydrogen-bond donors (Lipinski definition) is 1. The lowest BCUT2D eigenvalue weighted by Gasteiger charge is -2.34. The molecule has 2 aromatic rings. The first-order valence-electron chi connectivity index (χ1n) is 9.96. The minimum Gasteiger partial charge on any atom is -0.340 e. The number of carbonyl (C=O) groups excluding carboxylic acids is 1. The van der Waals surface area contributed by atoms with Crippen LogP contribution in [0, 0.1) is 13.8 Å². The average Bonchev–Trinajstić information content (AvgIpc) is 2.69. The molecule has 6 nitrogen and oxygen atoms in total. The maximum atomic E-state index is 12.5. The molecule has 0 spiro atoms. The van der Waals surface area contributed by atoms with E-state index in [0.29, 0.717) is 18.7 Å². The molecule has 2 aromatic carbocycles. The summed E-state index contributed by atoms with van der Waals surface area (Å²) < 4.78 is 27.6. The van der Waals surface area contributed by atoms with Crippen LogP contribution in [0.15, 0.2) is 53.4 Å². The van der Waals surface area contributed by atoms with Gasteiger partial charge in [-0.05, 0) is 31.0 Å². The third kappa shape index (κ3) is 5.88. The molecule has 1 saturated heterocycles. The lowest BCUT2D eigenvalue weighted by atomic mass is 10.2. The summed E-state index contributed by atoms with van der Waals surface area (Å²) in [4.78, 5) is 16.9. The molecule has 0 atom stereocenters. The van der Waals surface area contributed by atoms with Gasteiger partial charge in [0, 0.05) is 45.7 Å². The molecule has 1 aliphatic rings. The number of nitrogens with zero attached hydrogens (tertiary/aromatic N) is 2. The van der Waals surface area contributed by atoms with Gasteiger partial charge in [0.25, 0.3) is 0 Å². The minimum atomic E-state index is -3.61. The van der Waals surface area contributed by atoms with Gasteiger partial charge in [-0.25, -0.2) is 13.1 Å². The van der Waals surface area contributed by atoms with Crippen molar-refractivity contribution in [3.63, 3.8) is 0 Å². The van der Waals surface area contributed by atoms with E-state index in [2.05, 4.69) is 21.8 Å². The van der Waals surface area contributed by atoms with E-state index < -0.39 is 10.0 Å². The number of hydrogen-bond acceptors (Lipinski definition) is 4. The van der Waals surface area contributed by atoms with E-state index in [1.54, 1.807) is 19.1 Å². The summed E-state index contributed by atoms with van der Waals surface area (Å²) in [5.41, 5.74) is 2.99. The van der Waals surface area contributed by atoms with Crippen molar-refractivity contribution < 1.29 is 13.2 Å². The molecule has 0 saturated carbocycles. The Labute approximate surface area is 173 Å². The van der Waals surface area contributed by atoms with Crippen LogP contribution in [-0.4, -0.2) is 56.8 Å². The number of sulfonamides is 1. The number of aryl methyl sites for hydroxylation is 2. The molecule has 0 radical (unpaired) electrons. The maximum Gasteiger partial charge on any atom is 0.240 e. The molecule has 1 heterocycles. The largest absolute Gasteiger partial charge is 0.340 e. The van der Waals surface area contributed by atoms with E-state index in [4.69, 9.17) is 0 Å². The molecule has 7 heteroatoms. The van der Waals surface area contributed by atoms with Gasteiger partial charge in [0.05, 0.1) is 4.90 Å². The molecule has 0 bridgehead atoms. The molecule has 3 rings (SSSR count). The summed E-state index contributed by atoms with van der Waals surface area (Å²) in [5.74, 6) is -0.00677. The first kappa shape index (κ1) is 21.5. The van der Waals surface area contributed by atoms with E-state index in [-0.39, 0.29) is 23.8 Å². The van der Waals surface area contributed by atoms with Crippen molar-refractivity contribution >= 4 is 15.9 Å². The Balaban J connectivity index is 1.44. The van der Waals surface area contributed by atoms with Crippen molar-refractivity contribution in [2.75, 3.05) is 32.7 Å². The predicted molar refractivity (Wildman–Crippen MR) is 114 cm³/mol. The second kappa shape index (κ2) is 9.52. The van der Waals surface area contributed by atoms with E-state index in [1.807, 2.05) is 36.1 Å². The highest BCUT2D eigenvalue weighted by molar-refractivity contribution is 7.89. The fourth-order valence-corrected chi connectivity index (χ4v) is 4.88. The number of nitrogens with one attached hydrogen (secondary N) is 1. The number of carbonyl (C=O) groups is 1. The van der Waals surface area contributed by atoms with Crippen molar-refractivity contribution in [3.8, 4) is 0 Å². The van der Waals surface area contributed by atoms with Gasteiger partial charge in [0.1, 0.15) is 0 Å². The van der Waals surface area contributed by atoms with Crippen LogP contribution in [0.2, 0.25) is 0 Å². The van der Waals surface area contributed by atoms with Gasteiger partial charge >= 0.3 is 0 Å². The Morgan fingerprint density at radius 3 is 2.34 bits per heavy atom. The molecule has 29 heavy (non-hydrogen) atoms. The van der Waals surface area contributed by atoms with Crippen LogP contribution in [0.25, 0.3) is 0 Å². The number of rotatable bonds is 7. The van der Waals surface area contributed by atoms with Gasteiger partial charge in [-0.15, -0.1) is 0 Å². The van der Waals surface area contributed by atoms with Gasteiger partial charge in [-0.1, -0.05) is 48.0 Å². The van der Waals surface area contributed by atoms with Crippen LogP contribution in [0.1, 0.15) is 23.1 Å². The van der Waals surface area contributed by atoms with Crippen LogP contribution in [0.4, 0.5) is 0 Å². The molecule has 0 aliphatic carbocycles. The summed E-state index contributed by atoms with van der Waals surface area (Å²) in [6.07, 6.45) is 0.169. The van der Waals surface area contributed by atoms with Crippen molar-refractivity contribution in [3.05, 3.63) is 65.2 Å². The maximum absolute atomic E-state index is 12.5. The minimum absolute atomic E-state index is 0.00677. The van der Waals surface area contributed by atoms with E-state index in [9.17, 15) is 13.2 Å². The molecule has 1 amide bonds. The molecule has 1 aliphatic heterocycles. The summed E-state index contributed by atoms with van der Waals surface area (Å²) in [7, 11) is -3.61. The number of amides is 1. The Kier molecular flexibility index (Phi) is 7.05. The molecule has 0 unspecified atom stereocenters. The van der Waals surface area contributed by atoms with Crippen molar-refractivity contribution in [1.82, 2.24) is 14.5 Å². The molecule has 156 valence electrons. The van der Waals surface area contributed by atoms with E-state index in [0.717, 1.165) is 25.2 Å². The normalized spacial score (nSPS) is 15.4. The summed E-state index contributed by atoms with van der Waals surface area (Å²) >= 11 is 0. The lowest BCUT2D eigenvalue weighted by molar-refractivity contribution is -0.132. The SMILES string of the molecule is Cc1ccc(S(=O)(=O)NCCC(=O)N2CCN(Cc3ccccc3)CC2)c(C)c1. The second-order valence-electron chi connectivity index (χ2n) is 7.56. The topological polar surface area (TPSA) is 69.7 Å². The zero-order chi connectivity index (χ0) is 20.9. The monoisotopic (exact) mass is 415 g/mol. The van der Waals surface area contributed by atoms with Crippen molar-refractivity contribution in [2.24, 2.45) is 0 Å². The molecule has 1 N–H and O–H groups in total. The number of piperazine rings is 1. The molecular formula is C22H29N3O3S. The van der Waals surface area contributed by atoms with Gasteiger partial charge in [-0.3, -0.25) is 9.69 Å². The van der Waals surface area contributed by atoms with Crippen LogP contribution in [-0.2, 0) is 21.4 Å². The Hall–Kier alpha value is -2.22. The first-order chi connectivity index (χ1) is 13.8. The Morgan fingerprint density at radius 1 is 1.00 bits per heavy atom. The van der Waals surface area contributed by atoms with E-state index in [1.165, 1.54) is 5.56 Å². The first-order valence-corrected chi connectivity index (χ1v) is 11.4. The fraction of sp³-hybridized carbons (Fsp3) is 0.409. The molecular weight excluding hydrogens is 386 g/mol. The molecule has 1 fully saturated rings. The third-order valence-electron chi connectivity index (χ3n) is 5.22. The van der Waals surface area contributed by atoms with Crippen LogP contribution in [0.3, 0.4) is 0 Å². The number of benzene rings is 2. The lowest BCUT2D eigenvalue weighted by Crippen LogP contribution is -2.48. The quantitative estimate of drug-likeness (QED) is 0.754. The highest BCUT2D eigenvalue weighted by Gasteiger charge is 2.22. The van der Waals surface area contributed by atoms with Gasteiger partial charge in [-0.2, -0.15) is 0 Å². The second-order valence-corrected chi connectivity index (χ2v) is 9.29. The van der Waals surface area contributed by atoms with Gasteiger partial charge in [0.15, 0.2) is 0 Å². The van der Waals surface area contributed by atoms with Gasteiger partial charge in [0.2, 0.25) is 15.9 Å². The average molecular weight is 416 g/mol. The smallest absolute Gasteiger partial charge is 0.240 e. The highest BCUT2D eigenvalue weighted by Crippen LogP contribution is 2.16. The van der Waals surface area contributed by atoms with Crippen LogP contribution in [0.5, 0.6) is 0 Å². The Morgan fingerprint density at radius 2 is 1.69 bits per heavy atom. The highest BCUT2D eigenvalue weighted by atomic mass is 32.2. The standard InChI is InChI=1S/C22H29N3O3S/c1-18-8-9-21(19(2)16-18)29(27,28)23-11-10-22(26)25-14-12-24(13-15-25)17-20-6-4-3-5-7-20/h3-9,16,23H,10-15,17H2,1-2H3. The Bertz CT molecular complexity index is 937. The van der Waals surface area contributed by atoms with Crippen molar-refractivity contribution in [1.29, 1.82) is 0 Å². The zero-order valence-corrected chi connectivity index (χ0v) is 17.9. The third-order valence-corrected chi connectivity index (χ3v) is 6.85. The fourth-order valence-electron chi connectivity index (χ4n) is 3.63. The van der Waals surface area contributed by atoms with Gasteiger partial charge < -0.3 is 4.90 Å². The van der Waals surface area contributed by atoms with Crippen molar-refractivity contribution in [2.45, 2.75) is 31.7 Å². The summed E-state index contributed by atoms with van der Waals surface area (Å²) in [6, 6.07) is 15.5. The summed E-state index contributed by atoms with van der Waals surface area (Å²) in [6.45, 7) is 7.71. The zero-order valence-electron chi connectivity index (χ0n) is 17.1. The van der Waals surface area contributed by atoms with E-state index >= 15 is 0 Å². The summed E-state index contributed by atoms with van der Waals surface area (Å²) in [5, 5.41) is 0. The predicted octanol–water partition coefficient (Wildman–Crippen LogP) is 2.32. The molecule has 0 aromatic heterocycles. The van der Waals surface area contributed by atoms with Crippen LogP contribution >= 0.6 is 0 Å².